The topological polar surface area (TPSA) is 88.1 Å². The Kier molecular flexibility index (Phi) is 3.78. The van der Waals surface area contributed by atoms with Gasteiger partial charge in [-0.05, 0) is 23.6 Å². The maximum Gasteiger partial charge on any atom is 0.258 e. The van der Waals surface area contributed by atoms with Crippen molar-refractivity contribution in [3.8, 4) is 0 Å². The summed E-state index contributed by atoms with van der Waals surface area (Å²) in [4.78, 5) is 37.5. The van der Waals surface area contributed by atoms with E-state index in [9.17, 15) is 9.59 Å². The van der Waals surface area contributed by atoms with Gasteiger partial charge in [0.05, 0.1) is 5.56 Å². The fourth-order valence-electron chi connectivity index (χ4n) is 2.51. The fourth-order valence-corrected chi connectivity index (χ4v) is 2.51. The van der Waals surface area contributed by atoms with Gasteiger partial charge >= 0.3 is 0 Å². The van der Waals surface area contributed by atoms with E-state index in [1.165, 1.54) is 6.33 Å². The van der Waals surface area contributed by atoms with E-state index >= 15 is 0 Å². The maximum atomic E-state index is 12.4. The molecule has 0 unspecified atom stereocenters. The van der Waals surface area contributed by atoms with Crippen LogP contribution in [0.25, 0.3) is 0 Å². The van der Waals surface area contributed by atoms with Gasteiger partial charge in [0.15, 0.2) is 0 Å². The molecule has 2 amide bonds. The van der Waals surface area contributed by atoms with E-state index in [4.69, 9.17) is 0 Å². The Morgan fingerprint density at radius 2 is 2.14 bits per heavy atom. The summed E-state index contributed by atoms with van der Waals surface area (Å²) < 4.78 is 0. The normalized spacial score (nSPS) is 13.4. The highest BCUT2D eigenvalue weighted by Crippen LogP contribution is 2.22. The van der Waals surface area contributed by atoms with Gasteiger partial charge in [0.25, 0.3) is 5.91 Å². The molecule has 1 aliphatic rings. The smallest absolute Gasteiger partial charge is 0.258 e. The number of amides is 2. The molecule has 1 aliphatic heterocycles. The van der Waals surface area contributed by atoms with Crippen molar-refractivity contribution in [2.24, 2.45) is 0 Å². The molecular weight excluding hydrogens is 282 g/mol. The first-order valence-corrected chi connectivity index (χ1v) is 6.94. The molecule has 1 N–H and O–H groups in total. The molecule has 2 aromatic rings. The van der Waals surface area contributed by atoms with Crippen LogP contribution in [0.5, 0.6) is 0 Å². The quantitative estimate of drug-likeness (QED) is 0.894. The second-order valence-corrected chi connectivity index (χ2v) is 5.06. The summed E-state index contributed by atoms with van der Waals surface area (Å²) >= 11 is 0. The molecule has 0 atom stereocenters. The van der Waals surface area contributed by atoms with Crippen molar-refractivity contribution in [1.82, 2.24) is 19.9 Å². The zero-order chi connectivity index (χ0) is 15.5. The van der Waals surface area contributed by atoms with E-state index in [-0.39, 0.29) is 11.8 Å². The third-order valence-corrected chi connectivity index (χ3v) is 3.65. The first-order chi connectivity index (χ1) is 10.6. The molecular formula is C15H15N5O2. The lowest BCUT2D eigenvalue weighted by molar-refractivity contribution is -0.129. The number of aromatic nitrogens is 3. The van der Waals surface area contributed by atoms with Gasteiger partial charge in [-0.1, -0.05) is 0 Å². The van der Waals surface area contributed by atoms with Crippen LogP contribution in [0, 0.1) is 0 Å². The van der Waals surface area contributed by atoms with Crippen LogP contribution in [0.3, 0.4) is 0 Å². The predicted octanol–water partition coefficient (Wildman–Crippen LogP) is 1.03. The van der Waals surface area contributed by atoms with Gasteiger partial charge < -0.3 is 10.2 Å². The highest BCUT2D eigenvalue weighted by Gasteiger charge is 2.23. The van der Waals surface area contributed by atoms with Crippen LogP contribution in [-0.4, -0.2) is 38.2 Å². The largest absolute Gasteiger partial charge is 0.338 e. The van der Waals surface area contributed by atoms with Crippen LogP contribution in [0.2, 0.25) is 0 Å². The third kappa shape index (κ3) is 2.78. The van der Waals surface area contributed by atoms with E-state index < -0.39 is 0 Å². The monoisotopic (exact) mass is 297 g/mol. The fraction of sp³-hybridized carbons (Fsp3) is 0.267. The highest BCUT2D eigenvalue weighted by atomic mass is 16.2. The number of pyridine rings is 1. The third-order valence-electron chi connectivity index (χ3n) is 3.65. The maximum absolute atomic E-state index is 12.4. The van der Waals surface area contributed by atoms with E-state index in [1.54, 1.807) is 36.5 Å². The van der Waals surface area contributed by atoms with E-state index in [1.807, 2.05) is 0 Å². The Labute approximate surface area is 127 Å². The van der Waals surface area contributed by atoms with Gasteiger partial charge in [-0.25, -0.2) is 9.97 Å². The van der Waals surface area contributed by atoms with E-state index in [0.29, 0.717) is 30.9 Å². The van der Waals surface area contributed by atoms with Crippen LogP contribution in [-0.2, 0) is 17.8 Å². The number of hydrogen-bond acceptors (Lipinski definition) is 5. The average molecular weight is 297 g/mol. The minimum atomic E-state index is -0.251. The second-order valence-electron chi connectivity index (χ2n) is 5.06. The summed E-state index contributed by atoms with van der Waals surface area (Å²) in [5.74, 6) is 0.222. The lowest BCUT2D eigenvalue weighted by Gasteiger charge is -2.28. The molecule has 22 heavy (non-hydrogen) atoms. The number of hydrogen-bond donors (Lipinski definition) is 1. The van der Waals surface area contributed by atoms with Crippen molar-refractivity contribution in [2.45, 2.75) is 19.9 Å². The lowest BCUT2D eigenvalue weighted by atomic mass is 9.96. The molecule has 0 saturated heterocycles. The molecule has 0 radical (unpaired) electrons. The van der Waals surface area contributed by atoms with Gasteiger partial charge in [-0.2, -0.15) is 0 Å². The van der Waals surface area contributed by atoms with Crippen LogP contribution >= 0.6 is 0 Å². The zero-order valence-electron chi connectivity index (χ0n) is 12.1. The lowest BCUT2D eigenvalue weighted by Crippen LogP contribution is -2.35. The van der Waals surface area contributed by atoms with Gasteiger partial charge in [-0.3, -0.25) is 14.6 Å². The van der Waals surface area contributed by atoms with Crippen LogP contribution < -0.4 is 5.32 Å². The molecule has 0 bridgehead atoms. The zero-order valence-corrected chi connectivity index (χ0v) is 12.1. The summed E-state index contributed by atoms with van der Waals surface area (Å²) in [7, 11) is 0. The number of fused-ring (bicyclic) bond motifs is 1. The molecule has 0 fully saturated rings. The molecule has 7 heteroatoms. The molecule has 0 aliphatic carbocycles. The van der Waals surface area contributed by atoms with Crippen LogP contribution in [0.15, 0.2) is 31.0 Å². The van der Waals surface area contributed by atoms with Crippen molar-refractivity contribution in [1.29, 1.82) is 0 Å². The minimum absolute atomic E-state index is 0.0292. The Hall–Kier alpha value is -2.83. The SMILES string of the molecule is CC(=O)N1CCc2c(cncc2C(=O)Nc2ccncn2)C1. The number of nitrogens with one attached hydrogen (secondary N) is 1. The van der Waals surface area contributed by atoms with Gasteiger partial charge in [-0.15, -0.1) is 0 Å². The van der Waals surface area contributed by atoms with Crippen molar-refractivity contribution >= 4 is 17.6 Å². The van der Waals surface area contributed by atoms with Crippen molar-refractivity contribution < 1.29 is 9.59 Å². The van der Waals surface area contributed by atoms with Gasteiger partial charge in [0.2, 0.25) is 5.91 Å². The van der Waals surface area contributed by atoms with Crippen LogP contribution in [0.1, 0.15) is 28.4 Å². The summed E-state index contributed by atoms with van der Waals surface area (Å²) in [6.07, 6.45) is 6.85. The number of rotatable bonds is 2. The van der Waals surface area contributed by atoms with Crippen molar-refractivity contribution in [3.63, 3.8) is 0 Å². The van der Waals surface area contributed by atoms with Crippen LogP contribution in [0.4, 0.5) is 5.82 Å². The average Bonchev–Trinajstić information content (AvgIpc) is 2.54. The molecule has 7 nitrogen and oxygen atoms in total. The molecule has 0 aromatic carbocycles. The Bertz CT molecular complexity index is 717. The molecule has 2 aromatic heterocycles. The predicted molar refractivity (Wildman–Crippen MR) is 79.0 cm³/mol. The number of anilines is 1. The summed E-state index contributed by atoms with van der Waals surface area (Å²) in [6, 6.07) is 1.62. The molecule has 0 spiro atoms. The molecule has 0 saturated carbocycles. The van der Waals surface area contributed by atoms with Crippen molar-refractivity contribution in [2.75, 3.05) is 11.9 Å². The first kappa shape index (κ1) is 14.1. The molecule has 3 rings (SSSR count). The summed E-state index contributed by atoms with van der Waals surface area (Å²) in [5, 5.41) is 2.73. The number of carbonyl (C=O) groups excluding carboxylic acids is 2. The highest BCUT2D eigenvalue weighted by molar-refractivity contribution is 6.04. The first-order valence-electron chi connectivity index (χ1n) is 6.94. The van der Waals surface area contributed by atoms with Gasteiger partial charge in [0.1, 0.15) is 12.1 Å². The number of carbonyl (C=O) groups is 2. The number of nitrogens with zero attached hydrogens (tertiary/aromatic N) is 4. The Morgan fingerprint density at radius 1 is 1.27 bits per heavy atom. The summed E-state index contributed by atoms with van der Waals surface area (Å²) in [5.41, 5.74) is 2.38. The summed E-state index contributed by atoms with van der Waals surface area (Å²) in [6.45, 7) is 2.65. The van der Waals surface area contributed by atoms with Crippen molar-refractivity contribution in [3.05, 3.63) is 47.7 Å². The van der Waals surface area contributed by atoms with E-state index in [0.717, 1.165) is 11.1 Å². The van der Waals surface area contributed by atoms with E-state index in [2.05, 4.69) is 20.3 Å². The van der Waals surface area contributed by atoms with Gasteiger partial charge in [0, 0.05) is 38.6 Å². The second kappa shape index (κ2) is 5.88. The minimum Gasteiger partial charge on any atom is -0.338 e. The Balaban J connectivity index is 1.85. The standard InChI is InChI=1S/C15H15N5O2/c1-10(21)20-5-3-12-11(8-20)6-17-7-13(12)15(22)19-14-2-4-16-9-18-14/h2,4,6-7,9H,3,5,8H2,1H3,(H,16,18,19,22). The Morgan fingerprint density at radius 3 is 2.86 bits per heavy atom. The molecule has 3 heterocycles. The molecule has 112 valence electrons.